The van der Waals surface area contributed by atoms with E-state index >= 15 is 0 Å². The van der Waals surface area contributed by atoms with Gasteiger partial charge >= 0.3 is 5.97 Å². The SMILES string of the molecule is COC(=O)CCPC. The Morgan fingerprint density at radius 1 is 1.75 bits per heavy atom. The van der Waals surface area contributed by atoms with E-state index in [1.165, 1.54) is 7.11 Å². The van der Waals surface area contributed by atoms with Crippen LogP contribution in [0.4, 0.5) is 0 Å². The first kappa shape index (κ1) is 7.90. The standard InChI is InChI=1S/C5H11O2P/c1-7-5(6)3-4-8-2/h8H,3-4H2,1-2H3. The summed E-state index contributed by atoms with van der Waals surface area (Å²) in [5.41, 5.74) is 0. The molecule has 0 saturated carbocycles. The van der Waals surface area contributed by atoms with Gasteiger partial charge in [0.1, 0.15) is 0 Å². The highest BCUT2D eigenvalue weighted by molar-refractivity contribution is 7.37. The first-order valence-corrected chi connectivity index (χ1v) is 4.23. The molecular formula is C5H11O2P. The lowest BCUT2D eigenvalue weighted by atomic mass is 10.5. The second-order valence-corrected chi connectivity index (χ2v) is 2.64. The van der Waals surface area contributed by atoms with Crippen LogP contribution < -0.4 is 0 Å². The third-order valence-corrected chi connectivity index (χ3v) is 1.56. The number of methoxy groups -OCH3 is 1. The summed E-state index contributed by atoms with van der Waals surface area (Å²) < 4.78 is 4.42. The minimum Gasteiger partial charge on any atom is -0.469 e. The van der Waals surface area contributed by atoms with Crippen molar-refractivity contribution in [1.29, 1.82) is 0 Å². The Balaban J connectivity index is 2.99. The molecule has 48 valence electrons. The molecule has 1 atom stereocenters. The third-order valence-electron chi connectivity index (χ3n) is 0.807. The molecule has 0 aliphatic carbocycles. The molecule has 0 aromatic heterocycles. The second kappa shape index (κ2) is 5.04. The molecule has 0 rings (SSSR count). The van der Waals surface area contributed by atoms with E-state index in [4.69, 9.17) is 0 Å². The monoisotopic (exact) mass is 134 g/mol. The summed E-state index contributed by atoms with van der Waals surface area (Å²) in [6, 6.07) is 0. The van der Waals surface area contributed by atoms with Crippen LogP contribution in [0.1, 0.15) is 6.42 Å². The Bertz CT molecular complexity index is 72.8. The van der Waals surface area contributed by atoms with Gasteiger partial charge in [0.05, 0.1) is 7.11 Å². The zero-order valence-corrected chi connectivity index (χ0v) is 6.23. The average Bonchev–Trinajstić information content (AvgIpc) is 1.83. The van der Waals surface area contributed by atoms with Crippen molar-refractivity contribution in [3.63, 3.8) is 0 Å². The van der Waals surface area contributed by atoms with Gasteiger partial charge in [-0.1, -0.05) is 0 Å². The molecule has 0 aliphatic rings. The predicted molar refractivity (Wildman–Crippen MR) is 35.7 cm³/mol. The van der Waals surface area contributed by atoms with Gasteiger partial charge in [0.2, 0.25) is 0 Å². The van der Waals surface area contributed by atoms with Gasteiger partial charge in [0.25, 0.3) is 0 Å². The normalized spacial score (nSPS) is 10.2. The molecular weight excluding hydrogens is 123 g/mol. The van der Waals surface area contributed by atoms with Crippen LogP contribution in [0.15, 0.2) is 0 Å². The number of hydrogen-bond donors (Lipinski definition) is 0. The van der Waals surface area contributed by atoms with E-state index in [-0.39, 0.29) is 5.97 Å². The van der Waals surface area contributed by atoms with E-state index in [2.05, 4.69) is 11.4 Å². The smallest absolute Gasteiger partial charge is 0.305 e. The lowest BCUT2D eigenvalue weighted by molar-refractivity contribution is -0.140. The number of rotatable bonds is 3. The lowest BCUT2D eigenvalue weighted by Crippen LogP contribution is -1.99. The van der Waals surface area contributed by atoms with Crippen LogP contribution in [-0.4, -0.2) is 25.9 Å². The molecule has 0 aromatic carbocycles. The van der Waals surface area contributed by atoms with Crippen molar-refractivity contribution in [1.82, 2.24) is 0 Å². The van der Waals surface area contributed by atoms with E-state index < -0.39 is 0 Å². The van der Waals surface area contributed by atoms with Crippen molar-refractivity contribution < 1.29 is 9.53 Å². The van der Waals surface area contributed by atoms with Gasteiger partial charge < -0.3 is 4.74 Å². The molecule has 0 bridgehead atoms. The van der Waals surface area contributed by atoms with Gasteiger partial charge in [-0.3, -0.25) is 4.79 Å². The number of esters is 1. The van der Waals surface area contributed by atoms with Gasteiger partial charge in [0, 0.05) is 6.42 Å². The highest BCUT2D eigenvalue weighted by Gasteiger charge is 1.95. The molecule has 0 N–H and O–H groups in total. The van der Waals surface area contributed by atoms with Crippen LogP contribution in [-0.2, 0) is 9.53 Å². The van der Waals surface area contributed by atoms with Gasteiger partial charge in [-0.2, -0.15) is 0 Å². The fourth-order valence-corrected chi connectivity index (χ4v) is 0.783. The van der Waals surface area contributed by atoms with Crippen LogP contribution in [0, 0.1) is 0 Å². The van der Waals surface area contributed by atoms with Crippen molar-refractivity contribution in [3.05, 3.63) is 0 Å². The van der Waals surface area contributed by atoms with Crippen LogP contribution in [0.2, 0.25) is 0 Å². The van der Waals surface area contributed by atoms with E-state index in [0.29, 0.717) is 6.42 Å². The Hall–Kier alpha value is -0.100. The van der Waals surface area contributed by atoms with E-state index in [1.54, 1.807) is 0 Å². The van der Waals surface area contributed by atoms with Crippen molar-refractivity contribution >= 4 is 14.6 Å². The Kier molecular flexibility index (Phi) is 4.98. The Morgan fingerprint density at radius 2 is 2.38 bits per heavy atom. The summed E-state index contributed by atoms with van der Waals surface area (Å²) >= 11 is 0. The molecule has 0 fully saturated rings. The van der Waals surface area contributed by atoms with Gasteiger partial charge in [-0.05, 0) is 12.8 Å². The van der Waals surface area contributed by atoms with Crippen LogP contribution in [0.3, 0.4) is 0 Å². The summed E-state index contributed by atoms with van der Waals surface area (Å²) in [5.74, 6) is -0.0978. The van der Waals surface area contributed by atoms with Gasteiger partial charge in [-0.25, -0.2) is 0 Å². The van der Waals surface area contributed by atoms with Crippen molar-refractivity contribution in [3.8, 4) is 0 Å². The number of hydrogen-bond acceptors (Lipinski definition) is 2. The number of ether oxygens (including phenoxy) is 1. The van der Waals surface area contributed by atoms with Gasteiger partial charge in [0.15, 0.2) is 0 Å². The first-order chi connectivity index (χ1) is 3.81. The molecule has 0 aromatic rings. The molecule has 8 heavy (non-hydrogen) atoms. The summed E-state index contributed by atoms with van der Waals surface area (Å²) in [6.45, 7) is 2.07. The average molecular weight is 134 g/mol. The molecule has 0 saturated heterocycles. The molecule has 1 unspecified atom stereocenters. The summed E-state index contributed by atoms with van der Waals surface area (Å²) in [7, 11) is 2.27. The molecule has 0 amide bonds. The lowest BCUT2D eigenvalue weighted by Gasteiger charge is -1.93. The Morgan fingerprint density at radius 3 is 2.75 bits per heavy atom. The van der Waals surface area contributed by atoms with E-state index in [0.717, 1.165) is 14.7 Å². The first-order valence-electron chi connectivity index (χ1n) is 2.52. The largest absolute Gasteiger partial charge is 0.469 e. The maximum atomic E-state index is 10.4. The zero-order valence-electron chi connectivity index (χ0n) is 5.23. The molecule has 0 aliphatic heterocycles. The highest BCUT2D eigenvalue weighted by Crippen LogP contribution is 2.03. The maximum absolute atomic E-state index is 10.4. The van der Waals surface area contributed by atoms with Crippen LogP contribution in [0.5, 0.6) is 0 Å². The topological polar surface area (TPSA) is 26.3 Å². The second-order valence-electron chi connectivity index (χ2n) is 1.43. The van der Waals surface area contributed by atoms with Crippen molar-refractivity contribution in [2.24, 2.45) is 0 Å². The molecule has 3 heteroatoms. The van der Waals surface area contributed by atoms with Gasteiger partial charge in [-0.15, -0.1) is 8.58 Å². The fraction of sp³-hybridized carbons (Fsp3) is 0.800. The summed E-state index contributed by atoms with van der Waals surface area (Å²) in [6.07, 6.45) is 1.54. The zero-order chi connectivity index (χ0) is 6.41. The number of carbonyl (C=O) groups excluding carboxylic acids is 1. The molecule has 0 radical (unpaired) electrons. The van der Waals surface area contributed by atoms with Crippen molar-refractivity contribution in [2.75, 3.05) is 19.9 Å². The highest BCUT2D eigenvalue weighted by atomic mass is 31.1. The molecule has 0 spiro atoms. The third kappa shape index (κ3) is 4.07. The molecule has 2 nitrogen and oxygen atoms in total. The minimum absolute atomic E-state index is 0.0978. The van der Waals surface area contributed by atoms with E-state index in [9.17, 15) is 4.79 Å². The quantitative estimate of drug-likeness (QED) is 0.422. The van der Waals surface area contributed by atoms with Crippen molar-refractivity contribution in [2.45, 2.75) is 6.42 Å². The van der Waals surface area contributed by atoms with E-state index in [1.807, 2.05) is 0 Å². The predicted octanol–water partition coefficient (Wildman–Crippen LogP) is 0.858. The maximum Gasteiger partial charge on any atom is 0.305 e. The minimum atomic E-state index is -0.0978. The van der Waals surface area contributed by atoms with Crippen LogP contribution in [0.25, 0.3) is 0 Å². The Labute approximate surface area is 51.4 Å². The van der Waals surface area contributed by atoms with Crippen LogP contribution >= 0.6 is 8.58 Å². The number of carbonyl (C=O) groups is 1. The fourth-order valence-electron chi connectivity index (χ4n) is 0.329. The summed E-state index contributed by atoms with van der Waals surface area (Å²) in [4.78, 5) is 10.4. The summed E-state index contributed by atoms with van der Waals surface area (Å²) in [5, 5.41) is 0. The molecule has 0 heterocycles.